The lowest BCUT2D eigenvalue weighted by Crippen LogP contribution is -2.32. The SMILES string of the molecule is CCCc1nsc(NC/C(=C(/N)c2ccc(OC3CCCCC3)c(C)n2)N(C)N)n1. The molecule has 8 nitrogen and oxygen atoms in total. The van der Waals surface area contributed by atoms with E-state index in [0.29, 0.717) is 17.9 Å². The number of hydrogen-bond acceptors (Lipinski definition) is 9. The summed E-state index contributed by atoms with van der Waals surface area (Å²) in [6.45, 7) is 4.50. The molecule has 1 fully saturated rings. The molecule has 9 heteroatoms. The second-order valence-corrected chi connectivity index (χ2v) is 8.50. The number of hydrogen-bond donors (Lipinski definition) is 3. The number of ether oxygens (including phenoxy) is 1. The first kappa shape index (κ1) is 22.3. The Balaban J connectivity index is 1.72. The highest BCUT2D eigenvalue weighted by atomic mass is 32.1. The second kappa shape index (κ2) is 10.6. The van der Waals surface area contributed by atoms with Gasteiger partial charge in [0.1, 0.15) is 11.6 Å². The topological polar surface area (TPSA) is 115 Å². The van der Waals surface area contributed by atoms with E-state index < -0.39 is 0 Å². The van der Waals surface area contributed by atoms with Crippen molar-refractivity contribution in [3.8, 4) is 5.75 Å². The number of nitrogens with one attached hydrogen (secondary N) is 1. The van der Waals surface area contributed by atoms with Gasteiger partial charge in [-0.1, -0.05) is 13.3 Å². The Morgan fingerprint density at radius 1 is 1.27 bits per heavy atom. The molecule has 1 aliphatic carbocycles. The van der Waals surface area contributed by atoms with Crippen LogP contribution >= 0.6 is 11.5 Å². The van der Waals surface area contributed by atoms with Crippen LogP contribution in [0.2, 0.25) is 0 Å². The fourth-order valence-electron chi connectivity index (χ4n) is 3.55. The standard InChI is InChI=1S/C21H33N7OS/c1-4-8-19-26-21(30-27-19)24-13-17(28(3)23)20(22)16-11-12-18(14(2)25-16)29-15-9-6-5-7-10-15/h11-12,15H,4-10,13,22-23H2,1-3H3,(H,24,26,27)/b20-17-. The van der Waals surface area contributed by atoms with Crippen LogP contribution in [0.1, 0.15) is 62.7 Å². The molecule has 0 atom stereocenters. The molecular weight excluding hydrogens is 398 g/mol. The van der Waals surface area contributed by atoms with E-state index >= 15 is 0 Å². The number of anilines is 1. The Labute approximate surface area is 182 Å². The van der Waals surface area contributed by atoms with Crippen molar-refractivity contribution in [2.75, 3.05) is 18.9 Å². The quantitative estimate of drug-likeness (QED) is 0.408. The summed E-state index contributed by atoms with van der Waals surface area (Å²) < 4.78 is 10.5. The first-order chi connectivity index (χ1) is 14.5. The summed E-state index contributed by atoms with van der Waals surface area (Å²) in [5, 5.41) is 5.54. The molecule has 0 radical (unpaired) electrons. The monoisotopic (exact) mass is 431 g/mol. The van der Waals surface area contributed by atoms with Crippen LogP contribution in [0.5, 0.6) is 5.75 Å². The maximum absolute atomic E-state index is 6.44. The van der Waals surface area contributed by atoms with E-state index in [0.717, 1.165) is 53.8 Å². The lowest BCUT2D eigenvalue weighted by Gasteiger charge is -2.24. The lowest BCUT2D eigenvalue weighted by molar-refractivity contribution is 0.153. The normalized spacial score (nSPS) is 15.6. The molecule has 5 N–H and O–H groups in total. The first-order valence-corrected chi connectivity index (χ1v) is 11.4. The number of likely N-dealkylation sites (N-methyl/N-ethyl adjacent to an activating group) is 1. The number of nitrogens with two attached hydrogens (primary N) is 2. The van der Waals surface area contributed by atoms with Crippen LogP contribution in [0.4, 0.5) is 5.13 Å². The van der Waals surface area contributed by atoms with Crippen molar-refractivity contribution < 1.29 is 4.74 Å². The third-order valence-electron chi connectivity index (χ3n) is 5.24. The average Bonchev–Trinajstić information content (AvgIpc) is 3.18. The third-order valence-corrected chi connectivity index (χ3v) is 5.96. The van der Waals surface area contributed by atoms with Crippen molar-refractivity contribution in [1.29, 1.82) is 0 Å². The number of pyridine rings is 1. The molecule has 1 aliphatic rings. The highest BCUT2D eigenvalue weighted by Crippen LogP contribution is 2.26. The van der Waals surface area contributed by atoms with Gasteiger partial charge in [-0.05, 0) is 51.2 Å². The highest BCUT2D eigenvalue weighted by molar-refractivity contribution is 7.09. The van der Waals surface area contributed by atoms with E-state index in [1.54, 1.807) is 7.05 Å². The van der Waals surface area contributed by atoms with Gasteiger partial charge in [0, 0.05) is 25.0 Å². The van der Waals surface area contributed by atoms with Crippen LogP contribution < -0.4 is 21.6 Å². The van der Waals surface area contributed by atoms with Gasteiger partial charge in [0.25, 0.3) is 0 Å². The molecule has 0 unspecified atom stereocenters. The Morgan fingerprint density at radius 3 is 2.70 bits per heavy atom. The predicted octanol–water partition coefficient (Wildman–Crippen LogP) is 3.45. The predicted molar refractivity (Wildman–Crippen MR) is 122 cm³/mol. The molecule has 2 aromatic rings. The van der Waals surface area contributed by atoms with E-state index in [2.05, 4.69) is 26.6 Å². The van der Waals surface area contributed by atoms with E-state index in [9.17, 15) is 0 Å². The molecular formula is C21H33N7OS. The van der Waals surface area contributed by atoms with Gasteiger partial charge in [-0.25, -0.2) is 15.8 Å². The molecule has 3 rings (SSSR count). The van der Waals surface area contributed by atoms with E-state index in [1.807, 2.05) is 19.1 Å². The third kappa shape index (κ3) is 5.82. The molecule has 164 valence electrons. The minimum atomic E-state index is 0.289. The summed E-state index contributed by atoms with van der Waals surface area (Å²) in [7, 11) is 1.76. The van der Waals surface area contributed by atoms with Crippen LogP contribution in [0.3, 0.4) is 0 Å². The molecule has 0 aromatic carbocycles. The Hall–Kier alpha value is -2.39. The van der Waals surface area contributed by atoms with Gasteiger partial charge in [0.05, 0.1) is 35.4 Å². The number of rotatable bonds is 9. The second-order valence-electron chi connectivity index (χ2n) is 7.75. The van der Waals surface area contributed by atoms with Crippen LogP contribution in [0, 0.1) is 6.92 Å². The van der Waals surface area contributed by atoms with Crippen molar-refractivity contribution in [2.24, 2.45) is 11.6 Å². The molecule has 0 aliphatic heterocycles. The molecule has 2 heterocycles. The van der Waals surface area contributed by atoms with E-state index in [1.165, 1.54) is 35.8 Å². The summed E-state index contributed by atoms with van der Waals surface area (Å²) in [4.78, 5) is 9.17. The zero-order valence-corrected chi connectivity index (χ0v) is 19.0. The van der Waals surface area contributed by atoms with Crippen LogP contribution in [-0.2, 0) is 6.42 Å². The van der Waals surface area contributed by atoms with Crippen LogP contribution in [0.15, 0.2) is 17.8 Å². The Bertz CT molecular complexity index is 859. The van der Waals surface area contributed by atoms with E-state index in [-0.39, 0.29) is 6.10 Å². The van der Waals surface area contributed by atoms with Gasteiger partial charge in [-0.3, -0.25) is 0 Å². The number of aromatic nitrogens is 3. The minimum absolute atomic E-state index is 0.289. The Kier molecular flexibility index (Phi) is 7.87. The van der Waals surface area contributed by atoms with Crippen molar-refractivity contribution in [1.82, 2.24) is 19.4 Å². The van der Waals surface area contributed by atoms with Crippen LogP contribution in [-0.4, -0.2) is 39.0 Å². The lowest BCUT2D eigenvalue weighted by atomic mass is 9.98. The highest BCUT2D eigenvalue weighted by Gasteiger charge is 2.17. The van der Waals surface area contributed by atoms with Crippen molar-refractivity contribution in [3.05, 3.63) is 35.0 Å². The summed E-state index contributed by atoms with van der Waals surface area (Å²) in [6.07, 6.45) is 8.18. The number of nitrogens with zero attached hydrogens (tertiary/aromatic N) is 4. The van der Waals surface area contributed by atoms with Crippen molar-refractivity contribution >= 4 is 22.4 Å². The van der Waals surface area contributed by atoms with Crippen molar-refractivity contribution in [2.45, 2.75) is 64.9 Å². The summed E-state index contributed by atoms with van der Waals surface area (Å²) in [5.41, 5.74) is 9.22. The minimum Gasteiger partial charge on any atom is -0.489 e. The maximum Gasteiger partial charge on any atom is 0.202 e. The van der Waals surface area contributed by atoms with Gasteiger partial charge in [0.15, 0.2) is 0 Å². The summed E-state index contributed by atoms with van der Waals surface area (Å²) >= 11 is 1.34. The largest absolute Gasteiger partial charge is 0.489 e. The molecule has 1 saturated carbocycles. The molecule has 2 aromatic heterocycles. The average molecular weight is 432 g/mol. The zero-order valence-electron chi connectivity index (χ0n) is 18.1. The number of hydrazine groups is 1. The van der Waals surface area contributed by atoms with Gasteiger partial charge < -0.3 is 20.8 Å². The maximum atomic E-state index is 6.44. The molecule has 0 amide bonds. The zero-order chi connectivity index (χ0) is 21.5. The summed E-state index contributed by atoms with van der Waals surface area (Å²) in [6, 6.07) is 3.86. The number of aryl methyl sites for hydroxylation is 2. The Morgan fingerprint density at radius 2 is 2.03 bits per heavy atom. The fraction of sp³-hybridized carbons (Fsp3) is 0.571. The van der Waals surface area contributed by atoms with Gasteiger partial charge in [0.2, 0.25) is 5.13 Å². The molecule has 0 spiro atoms. The van der Waals surface area contributed by atoms with Gasteiger partial charge >= 0.3 is 0 Å². The van der Waals surface area contributed by atoms with E-state index in [4.69, 9.17) is 16.3 Å². The first-order valence-electron chi connectivity index (χ1n) is 10.7. The van der Waals surface area contributed by atoms with Gasteiger partial charge in [-0.15, -0.1) is 0 Å². The molecule has 0 bridgehead atoms. The van der Waals surface area contributed by atoms with Gasteiger partial charge in [-0.2, -0.15) is 4.37 Å². The smallest absolute Gasteiger partial charge is 0.202 e. The fourth-order valence-corrected chi connectivity index (χ4v) is 4.16. The molecule has 0 saturated heterocycles. The van der Waals surface area contributed by atoms with Crippen LogP contribution in [0.25, 0.3) is 5.70 Å². The van der Waals surface area contributed by atoms with Crippen molar-refractivity contribution in [3.63, 3.8) is 0 Å². The molecule has 30 heavy (non-hydrogen) atoms. The summed E-state index contributed by atoms with van der Waals surface area (Å²) in [5.74, 6) is 7.74.